The summed E-state index contributed by atoms with van der Waals surface area (Å²) in [6, 6.07) is 18.4. The van der Waals surface area contributed by atoms with Crippen LogP contribution in [0.4, 0.5) is 9.59 Å². The minimum Gasteiger partial charge on any atom is -0.444 e. The number of alkyl carbamates (subject to hydrolysis) is 1. The molecule has 54 heavy (non-hydrogen) atoms. The Kier molecular flexibility index (Phi) is 16.7. The molecule has 1 saturated heterocycles. The highest BCUT2D eigenvalue weighted by atomic mass is 32.1. The van der Waals surface area contributed by atoms with Crippen LogP contribution in [0.25, 0.3) is 0 Å². The van der Waals surface area contributed by atoms with E-state index in [1.54, 1.807) is 23.0 Å². The third kappa shape index (κ3) is 14.5. The Labute approximate surface area is 326 Å². The van der Waals surface area contributed by atoms with Gasteiger partial charge in [-0.15, -0.1) is 22.7 Å². The smallest absolute Gasteiger partial charge is 0.407 e. The third-order valence-electron chi connectivity index (χ3n) is 9.20. The van der Waals surface area contributed by atoms with Gasteiger partial charge in [0.15, 0.2) is 0 Å². The van der Waals surface area contributed by atoms with Gasteiger partial charge in [0.05, 0.1) is 40.8 Å². The van der Waals surface area contributed by atoms with Crippen molar-refractivity contribution in [1.82, 2.24) is 36.1 Å². The number of urea groups is 1. The molecule has 0 aliphatic carbocycles. The highest BCUT2D eigenvalue weighted by Crippen LogP contribution is 2.19. The number of benzene rings is 2. The summed E-state index contributed by atoms with van der Waals surface area (Å²) < 4.78 is 11.0. The molecule has 0 radical (unpaired) electrons. The Balaban J connectivity index is 1.25. The van der Waals surface area contributed by atoms with E-state index in [4.69, 9.17) is 9.47 Å². The molecule has 4 N–H and O–H groups in total. The molecule has 12 nitrogen and oxygen atoms in total. The van der Waals surface area contributed by atoms with Crippen LogP contribution in [0.1, 0.15) is 72.2 Å². The van der Waals surface area contributed by atoms with E-state index in [9.17, 15) is 14.4 Å². The zero-order valence-electron chi connectivity index (χ0n) is 31.2. The molecule has 290 valence electrons. The Hall–Kier alpha value is -4.37. The summed E-state index contributed by atoms with van der Waals surface area (Å²) in [6.45, 7) is 8.52. The van der Waals surface area contributed by atoms with Crippen molar-refractivity contribution in [3.05, 3.63) is 104 Å². The quantitative estimate of drug-likeness (QED) is 0.0850. The first-order chi connectivity index (χ1) is 26.3. The Bertz CT molecular complexity index is 1680. The SMILES string of the molecule is CC(C)c1nc(CNC(=O)N[C@@H](CCCN2CCOCC2)C(=O)N[C@H](CC[C@H](Cc2ccccc2)NC(=O)OCc2cncs2)Cc2ccccc2)cs1. The highest BCUT2D eigenvalue weighted by molar-refractivity contribution is 7.09. The Morgan fingerprint density at radius 3 is 2.15 bits per heavy atom. The van der Waals surface area contributed by atoms with Gasteiger partial charge >= 0.3 is 12.1 Å². The molecule has 0 bridgehead atoms. The zero-order chi connectivity index (χ0) is 38.0. The number of rotatable bonds is 20. The van der Waals surface area contributed by atoms with Gasteiger partial charge in [-0.05, 0) is 56.2 Å². The fourth-order valence-corrected chi connectivity index (χ4v) is 7.61. The van der Waals surface area contributed by atoms with Gasteiger partial charge in [-0.1, -0.05) is 74.5 Å². The number of nitrogens with zero attached hydrogens (tertiary/aromatic N) is 3. The number of amides is 4. The van der Waals surface area contributed by atoms with Crippen LogP contribution in [-0.2, 0) is 40.3 Å². The first-order valence-corrected chi connectivity index (χ1v) is 20.5. The second-order valence-electron chi connectivity index (χ2n) is 13.9. The Morgan fingerprint density at radius 2 is 1.54 bits per heavy atom. The molecule has 4 aromatic rings. The summed E-state index contributed by atoms with van der Waals surface area (Å²) in [4.78, 5) is 52.2. The fraction of sp³-hybridized carbons (Fsp3) is 0.475. The lowest BCUT2D eigenvalue weighted by atomic mass is 9.95. The van der Waals surface area contributed by atoms with Crippen LogP contribution in [0.15, 0.2) is 77.8 Å². The first kappa shape index (κ1) is 40.8. The fourth-order valence-electron chi connectivity index (χ4n) is 6.27. The van der Waals surface area contributed by atoms with Crippen molar-refractivity contribution in [2.75, 3.05) is 32.8 Å². The summed E-state index contributed by atoms with van der Waals surface area (Å²) in [5.74, 6) is 0.0775. The van der Waals surface area contributed by atoms with Crippen LogP contribution in [0.5, 0.6) is 0 Å². The molecular formula is C40H53N7O5S2. The van der Waals surface area contributed by atoms with Gasteiger partial charge < -0.3 is 30.7 Å². The second-order valence-corrected chi connectivity index (χ2v) is 15.7. The van der Waals surface area contributed by atoms with E-state index in [0.29, 0.717) is 51.2 Å². The van der Waals surface area contributed by atoms with Gasteiger partial charge in [0, 0.05) is 42.7 Å². The van der Waals surface area contributed by atoms with E-state index in [-0.39, 0.29) is 31.1 Å². The third-order valence-corrected chi connectivity index (χ3v) is 11.1. The molecule has 14 heteroatoms. The van der Waals surface area contributed by atoms with Crippen LogP contribution < -0.4 is 21.3 Å². The number of ether oxygens (including phenoxy) is 2. The minimum absolute atomic E-state index is 0.150. The van der Waals surface area contributed by atoms with Gasteiger partial charge in [-0.25, -0.2) is 14.6 Å². The summed E-state index contributed by atoms with van der Waals surface area (Å²) in [7, 11) is 0. The second kappa shape index (κ2) is 22.1. The normalized spacial score (nSPS) is 14.9. The standard InChI is InChI=1S/C40H53N7O5S2/c1-29(2)38-44-34(27-53-38)24-42-39(49)46-36(14-9-17-47-18-20-51-21-19-47)37(48)43-32(22-30-10-5-3-6-11-30)15-16-33(23-31-12-7-4-8-13-31)45-40(50)52-26-35-25-41-28-54-35/h3-8,10-13,25,27-29,32-33,36H,9,14-24,26H2,1-2H3,(H,43,48)(H,45,50)(H2,42,46,49)/t32-,33-,36+/m1/s1. The van der Waals surface area contributed by atoms with E-state index in [2.05, 4.69) is 50.0 Å². The molecule has 0 unspecified atom stereocenters. The van der Waals surface area contributed by atoms with Crippen LogP contribution in [-0.4, -0.2) is 83.9 Å². The van der Waals surface area contributed by atoms with Crippen molar-refractivity contribution in [2.45, 2.75) is 89.6 Å². The molecule has 0 spiro atoms. The molecule has 4 amide bonds. The minimum atomic E-state index is -0.745. The summed E-state index contributed by atoms with van der Waals surface area (Å²) in [5, 5.41) is 15.2. The van der Waals surface area contributed by atoms with E-state index in [0.717, 1.165) is 52.8 Å². The van der Waals surface area contributed by atoms with Crippen molar-refractivity contribution in [2.24, 2.45) is 0 Å². The lowest BCUT2D eigenvalue weighted by Crippen LogP contribution is -2.52. The van der Waals surface area contributed by atoms with Crippen molar-refractivity contribution in [3.63, 3.8) is 0 Å². The molecular weight excluding hydrogens is 723 g/mol. The number of hydrogen-bond donors (Lipinski definition) is 4. The van der Waals surface area contributed by atoms with E-state index < -0.39 is 18.2 Å². The number of nitrogens with one attached hydrogen (secondary N) is 4. The van der Waals surface area contributed by atoms with Crippen molar-refractivity contribution >= 4 is 40.7 Å². The molecule has 0 saturated carbocycles. The van der Waals surface area contributed by atoms with Crippen molar-refractivity contribution < 1.29 is 23.9 Å². The van der Waals surface area contributed by atoms with Crippen molar-refractivity contribution in [3.8, 4) is 0 Å². The highest BCUT2D eigenvalue weighted by Gasteiger charge is 2.26. The largest absolute Gasteiger partial charge is 0.444 e. The summed E-state index contributed by atoms with van der Waals surface area (Å²) in [6.07, 6.45) is 4.77. The molecule has 2 aromatic carbocycles. The van der Waals surface area contributed by atoms with Gasteiger partial charge in [0.2, 0.25) is 5.91 Å². The van der Waals surface area contributed by atoms with Crippen LogP contribution in [0, 0.1) is 0 Å². The zero-order valence-corrected chi connectivity index (χ0v) is 32.8. The van der Waals surface area contributed by atoms with E-state index in [1.165, 1.54) is 11.3 Å². The topological polar surface area (TPSA) is 147 Å². The maximum absolute atomic E-state index is 14.1. The van der Waals surface area contributed by atoms with Crippen LogP contribution in [0.3, 0.4) is 0 Å². The lowest BCUT2D eigenvalue weighted by Gasteiger charge is -2.28. The van der Waals surface area contributed by atoms with Crippen LogP contribution >= 0.6 is 22.7 Å². The average molecular weight is 776 g/mol. The number of hydrogen-bond acceptors (Lipinski definition) is 10. The molecule has 1 fully saturated rings. The van der Waals surface area contributed by atoms with E-state index >= 15 is 0 Å². The monoisotopic (exact) mass is 775 g/mol. The molecule has 2 aromatic heterocycles. The summed E-state index contributed by atoms with van der Waals surface area (Å²) >= 11 is 3.01. The predicted octanol–water partition coefficient (Wildman–Crippen LogP) is 6.05. The van der Waals surface area contributed by atoms with Gasteiger partial charge in [0.25, 0.3) is 0 Å². The molecule has 1 aliphatic rings. The Morgan fingerprint density at radius 1 is 0.870 bits per heavy atom. The molecule has 1 aliphatic heterocycles. The average Bonchev–Trinajstić information content (AvgIpc) is 3.89. The first-order valence-electron chi connectivity index (χ1n) is 18.8. The van der Waals surface area contributed by atoms with Gasteiger partial charge in [-0.2, -0.15) is 0 Å². The predicted molar refractivity (Wildman–Crippen MR) is 213 cm³/mol. The van der Waals surface area contributed by atoms with Gasteiger partial charge in [-0.3, -0.25) is 14.7 Å². The number of thiazole rings is 2. The number of aromatic nitrogens is 2. The molecule has 3 atom stereocenters. The van der Waals surface area contributed by atoms with Gasteiger partial charge in [0.1, 0.15) is 12.6 Å². The van der Waals surface area contributed by atoms with Crippen molar-refractivity contribution in [1.29, 1.82) is 0 Å². The molecule has 5 rings (SSSR count). The maximum atomic E-state index is 14.1. The lowest BCUT2D eigenvalue weighted by molar-refractivity contribution is -0.123. The van der Waals surface area contributed by atoms with E-state index in [1.807, 2.05) is 66.0 Å². The maximum Gasteiger partial charge on any atom is 0.407 e. The number of carbonyl (C=O) groups is 3. The van der Waals surface area contributed by atoms with Crippen LogP contribution in [0.2, 0.25) is 0 Å². The number of carbonyl (C=O) groups excluding carboxylic acids is 3. The molecule has 3 heterocycles. The summed E-state index contributed by atoms with van der Waals surface area (Å²) in [5.41, 5.74) is 4.67. The number of morpholine rings is 1.